The Labute approximate surface area is 102 Å². The standard InChI is InChI=1S/C11H7Cl2NO2/c12-11(13,8-4-2-1-3-5-8)9-7-16-14-10(9)6-15/h1-7H. The number of carbonyl (C=O) groups excluding carboxylic acids is 1. The molecule has 0 aliphatic heterocycles. The molecule has 0 aliphatic rings. The summed E-state index contributed by atoms with van der Waals surface area (Å²) in [5, 5.41) is 3.51. The summed E-state index contributed by atoms with van der Waals surface area (Å²) in [6.07, 6.45) is 1.83. The highest BCUT2D eigenvalue weighted by atomic mass is 35.5. The second-order valence-corrected chi connectivity index (χ2v) is 4.50. The topological polar surface area (TPSA) is 43.1 Å². The summed E-state index contributed by atoms with van der Waals surface area (Å²) in [6, 6.07) is 9.00. The zero-order valence-electron chi connectivity index (χ0n) is 8.06. The van der Waals surface area contributed by atoms with E-state index in [1.807, 2.05) is 18.2 Å². The lowest BCUT2D eigenvalue weighted by atomic mass is 10.0. The Kier molecular flexibility index (Phi) is 2.99. The van der Waals surface area contributed by atoms with Gasteiger partial charge in [-0.15, -0.1) is 0 Å². The van der Waals surface area contributed by atoms with Gasteiger partial charge < -0.3 is 4.52 Å². The number of hydrogen-bond acceptors (Lipinski definition) is 3. The summed E-state index contributed by atoms with van der Waals surface area (Å²) in [5.74, 6) is 0. The Bertz CT molecular complexity index is 494. The van der Waals surface area contributed by atoms with Crippen LogP contribution in [0.25, 0.3) is 0 Å². The number of hydrogen-bond donors (Lipinski definition) is 0. The lowest BCUT2D eigenvalue weighted by molar-refractivity contribution is 0.111. The molecule has 0 unspecified atom stereocenters. The van der Waals surface area contributed by atoms with Crippen molar-refractivity contribution in [3.8, 4) is 0 Å². The Balaban J connectivity index is 2.51. The molecule has 2 aromatic rings. The molecule has 0 spiro atoms. The molecule has 1 aromatic heterocycles. The minimum absolute atomic E-state index is 0.105. The molecular formula is C11H7Cl2NO2. The van der Waals surface area contributed by atoms with E-state index in [9.17, 15) is 4.79 Å². The molecule has 0 aliphatic carbocycles. The summed E-state index contributed by atoms with van der Waals surface area (Å²) < 4.78 is 3.36. The first-order valence-corrected chi connectivity index (χ1v) is 5.25. The molecule has 0 radical (unpaired) electrons. The molecule has 0 amide bonds. The minimum atomic E-state index is -1.34. The van der Waals surface area contributed by atoms with Gasteiger partial charge in [0.2, 0.25) is 0 Å². The lowest BCUT2D eigenvalue weighted by Gasteiger charge is -2.18. The molecular weight excluding hydrogens is 249 g/mol. The Hall–Kier alpha value is -1.32. The maximum absolute atomic E-state index is 10.7. The quantitative estimate of drug-likeness (QED) is 0.625. The predicted molar refractivity (Wildman–Crippen MR) is 60.8 cm³/mol. The first-order valence-electron chi connectivity index (χ1n) is 4.49. The number of halogens is 2. The van der Waals surface area contributed by atoms with Crippen LogP contribution in [0.2, 0.25) is 0 Å². The summed E-state index contributed by atoms with van der Waals surface area (Å²) in [5.41, 5.74) is 1.11. The first-order chi connectivity index (χ1) is 7.66. The van der Waals surface area contributed by atoms with Crippen LogP contribution in [-0.4, -0.2) is 11.4 Å². The van der Waals surface area contributed by atoms with Crippen LogP contribution in [0.1, 0.15) is 21.6 Å². The Morgan fingerprint density at radius 3 is 2.56 bits per heavy atom. The summed E-state index contributed by atoms with van der Waals surface area (Å²) >= 11 is 12.4. The molecule has 1 aromatic carbocycles. The van der Waals surface area contributed by atoms with Gasteiger partial charge in [-0.3, -0.25) is 4.79 Å². The van der Waals surface area contributed by atoms with Gasteiger partial charge in [-0.25, -0.2) is 0 Å². The number of aldehydes is 1. The van der Waals surface area contributed by atoms with E-state index in [0.717, 1.165) is 0 Å². The van der Waals surface area contributed by atoms with Gasteiger partial charge in [-0.1, -0.05) is 58.7 Å². The van der Waals surface area contributed by atoms with E-state index >= 15 is 0 Å². The predicted octanol–water partition coefficient (Wildman–Crippen LogP) is 3.17. The van der Waals surface area contributed by atoms with Gasteiger partial charge in [0.05, 0.1) is 5.56 Å². The summed E-state index contributed by atoms with van der Waals surface area (Å²) in [6.45, 7) is 0. The second kappa shape index (κ2) is 4.28. The molecule has 2 rings (SSSR count). The number of carbonyl (C=O) groups is 1. The fourth-order valence-electron chi connectivity index (χ4n) is 1.37. The number of nitrogens with zero attached hydrogens (tertiary/aromatic N) is 1. The van der Waals surface area contributed by atoms with Gasteiger partial charge in [-0.2, -0.15) is 0 Å². The lowest BCUT2D eigenvalue weighted by Crippen LogP contribution is -2.13. The highest BCUT2D eigenvalue weighted by Crippen LogP contribution is 2.41. The molecule has 3 nitrogen and oxygen atoms in total. The SMILES string of the molecule is O=Cc1nocc1C(Cl)(Cl)c1ccccc1. The van der Waals surface area contributed by atoms with Gasteiger partial charge in [0.1, 0.15) is 6.26 Å². The number of alkyl halides is 2. The maximum atomic E-state index is 10.7. The van der Waals surface area contributed by atoms with E-state index in [1.54, 1.807) is 12.1 Å². The molecule has 0 saturated carbocycles. The van der Waals surface area contributed by atoms with E-state index in [0.29, 0.717) is 17.4 Å². The normalized spacial score (nSPS) is 11.4. The highest BCUT2D eigenvalue weighted by Gasteiger charge is 2.33. The zero-order chi connectivity index (χ0) is 11.6. The monoisotopic (exact) mass is 255 g/mol. The van der Waals surface area contributed by atoms with Crippen molar-refractivity contribution < 1.29 is 9.32 Å². The van der Waals surface area contributed by atoms with Crippen LogP contribution in [0.3, 0.4) is 0 Å². The van der Waals surface area contributed by atoms with E-state index in [2.05, 4.69) is 5.16 Å². The van der Waals surface area contributed by atoms with Crippen molar-refractivity contribution in [2.24, 2.45) is 0 Å². The Morgan fingerprint density at radius 1 is 1.25 bits per heavy atom. The van der Waals surface area contributed by atoms with Crippen LogP contribution in [-0.2, 0) is 4.33 Å². The van der Waals surface area contributed by atoms with Crippen molar-refractivity contribution in [1.82, 2.24) is 5.16 Å². The van der Waals surface area contributed by atoms with E-state index in [-0.39, 0.29) is 5.69 Å². The van der Waals surface area contributed by atoms with Crippen LogP contribution < -0.4 is 0 Å². The average molecular weight is 256 g/mol. The van der Waals surface area contributed by atoms with Crippen LogP contribution >= 0.6 is 23.2 Å². The molecule has 0 fully saturated rings. The molecule has 1 heterocycles. The fourth-order valence-corrected chi connectivity index (χ4v) is 1.90. The largest absolute Gasteiger partial charge is 0.364 e. The molecule has 0 atom stereocenters. The molecule has 16 heavy (non-hydrogen) atoms. The van der Waals surface area contributed by atoms with Crippen molar-refractivity contribution in [2.75, 3.05) is 0 Å². The van der Waals surface area contributed by atoms with E-state index < -0.39 is 4.33 Å². The first kappa shape index (κ1) is 11.2. The van der Waals surface area contributed by atoms with Gasteiger partial charge >= 0.3 is 0 Å². The van der Waals surface area contributed by atoms with Crippen LogP contribution in [0.15, 0.2) is 41.1 Å². The van der Waals surface area contributed by atoms with Crippen molar-refractivity contribution in [3.05, 3.63) is 53.4 Å². The summed E-state index contributed by atoms with van der Waals surface area (Å²) in [7, 11) is 0. The third-order valence-corrected chi connectivity index (χ3v) is 3.03. The maximum Gasteiger partial charge on any atom is 0.173 e. The highest BCUT2D eigenvalue weighted by molar-refractivity contribution is 6.50. The van der Waals surface area contributed by atoms with E-state index in [1.165, 1.54) is 6.26 Å². The summed E-state index contributed by atoms with van der Waals surface area (Å²) in [4.78, 5) is 10.7. The zero-order valence-corrected chi connectivity index (χ0v) is 9.57. The fraction of sp³-hybridized carbons (Fsp3) is 0.0909. The number of benzene rings is 1. The molecule has 0 bridgehead atoms. The van der Waals surface area contributed by atoms with Crippen LogP contribution in [0, 0.1) is 0 Å². The van der Waals surface area contributed by atoms with Crippen molar-refractivity contribution >= 4 is 29.5 Å². The molecule has 0 saturated heterocycles. The van der Waals surface area contributed by atoms with Gasteiger partial charge in [0.15, 0.2) is 16.3 Å². The minimum Gasteiger partial charge on any atom is -0.364 e. The van der Waals surface area contributed by atoms with E-state index in [4.69, 9.17) is 27.7 Å². The smallest absolute Gasteiger partial charge is 0.173 e. The third kappa shape index (κ3) is 1.84. The molecule has 5 heteroatoms. The van der Waals surface area contributed by atoms with Gasteiger partial charge in [-0.05, 0) is 5.56 Å². The van der Waals surface area contributed by atoms with Crippen LogP contribution in [0.5, 0.6) is 0 Å². The molecule has 82 valence electrons. The number of rotatable bonds is 3. The van der Waals surface area contributed by atoms with Crippen molar-refractivity contribution in [1.29, 1.82) is 0 Å². The Morgan fingerprint density at radius 2 is 1.94 bits per heavy atom. The molecule has 0 N–H and O–H groups in total. The van der Waals surface area contributed by atoms with Gasteiger partial charge in [0.25, 0.3) is 0 Å². The van der Waals surface area contributed by atoms with Crippen LogP contribution in [0.4, 0.5) is 0 Å². The average Bonchev–Trinajstić information content (AvgIpc) is 2.79. The third-order valence-electron chi connectivity index (χ3n) is 2.18. The second-order valence-electron chi connectivity index (χ2n) is 3.17. The van der Waals surface area contributed by atoms with Gasteiger partial charge in [0, 0.05) is 0 Å². The van der Waals surface area contributed by atoms with Crippen molar-refractivity contribution in [2.45, 2.75) is 4.33 Å². The van der Waals surface area contributed by atoms with Crippen molar-refractivity contribution in [3.63, 3.8) is 0 Å². The number of aromatic nitrogens is 1.